The highest BCUT2D eigenvalue weighted by atomic mass is 32.2. The number of nitrogens with zero attached hydrogens (tertiary/aromatic N) is 1. The first-order valence-corrected chi connectivity index (χ1v) is 6.32. The number of hydrogen-bond donors (Lipinski definition) is 0. The normalized spacial score (nSPS) is 14.2. The third-order valence-electron chi connectivity index (χ3n) is 2.39. The summed E-state index contributed by atoms with van der Waals surface area (Å²) in [5.74, 6) is 0.551. The van der Waals surface area contributed by atoms with Crippen LogP contribution in [0, 0.1) is 18.3 Å². The van der Waals surface area contributed by atoms with Crippen LogP contribution in [0.5, 0.6) is 0 Å². The molecule has 0 saturated heterocycles. The third-order valence-corrected chi connectivity index (χ3v) is 4.05. The van der Waals surface area contributed by atoms with Gasteiger partial charge in [-0.2, -0.15) is 5.26 Å². The molecule has 0 aliphatic rings. The van der Waals surface area contributed by atoms with Gasteiger partial charge in [0.05, 0.1) is 6.07 Å². The Labute approximate surface area is 93.4 Å². The third kappa shape index (κ3) is 3.49. The van der Waals surface area contributed by atoms with Crippen molar-refractivity contribution in [1.82, 2.24) is 0 Å². The zero-order valence-corrected chi connectivity index (χ0v) is 9.88. The quantitative estimate of drug-likeness (QED) is 0.784. The lowest BCUT2D eigenvalue weighted by Gasteiger charge is -2.09. The van der Waals surface area contributed by atoms with Crippen molar-refractivity contribution in [3.8, 4) is 6.07 Å². The molecule has 0 radical (unpaired) electrons. The van der Waals surface area contributed by atoms with E-state index < -0.39 is 10.8 Å². The number of aryl methyl sites for hydroxylation is 1. The highest BCUT2D eigenvalue weighted by Crippen LogP contribution is 2.13. The molecule has 1 aromatic rings. The fourth-order valence-corrected chi connectivity index (χ4v) is 2.46. The van der Waals surface area contributed by atoms with Gasteiger partial charge in [-0.25, -0.2) is 0 Å². The molecule has 2 atom stereocenters. The predicted molar refractivity (Wildman–Crippen MR) is 62.7 cm³/mol. The minimum absolute atomic E-state index is 0.0467. The number of benzene rings is 1. The second-order valence-corrected chi connectivity index (χ2v) is 5.48. The van der Waals surface area contributed by atoms with E-state index in [1.54, 1.807) is 0 Å². The molecule has 0 aliphatic heterocycles. The average molecular weight is 221 g/mol. The first-order chi connectivity index (χ1) is 7.15. The maximum absolute atomic E-state index is 11.8. The van der Waals surface area contributed by atoms with Crippen molar-refractivity contribution in [2.75, 3.05) is 0 Å². The molecule has 0 saturated carbocycles. The lowest BCUT2D eigenvalue weighted by atomic mass is 10.1. The van der Waals surface area contributed by atoms with Gasteiger partial charge in [-0.3, -0.25) is 4.21 Å². The smallest absolute Gasteiger partial charge is 0.0634 e. The fourth-order valence-electron chi connectivity index (χ4n) is 1.29. The van der Waals surface area contributed by atoms with Crippen molar-refractivity contribution in [3.05, 3.63) is 35.4 Å². The maximum atomic E-state index is 11.8. The lowest BCUT2D eigenvalue weighted by Crippen LogP contribution is -2.12. The van der Waals surface area contributed by atoms with Gasteiger partial charge in [-0.15, -0.1) is 0 Å². The van der Waals surface area contributed by atoms with Gasteiger partial charge in [0.1, 0.15) is 0 Å². The number of rotatable bonds is 4. The topological polar surface area (TPSA) is 40.9 Å². The first kappa shape index (κ1) is 11.9. The molecule has 2 unspecified atom stereocenters. The van der Waals surface area contributed by atoms with Crippen LogP contribution in [0.25, 0.3) is 0 Å². The van der Waals surface area contributed by atoms with Gasteiger partial charge in [0.2, 0.25) is 0 Å². The van der Waals surface area contributed by atoms with Crippen LogP contribution in [0.1, 0.15) is 24.5 Å². The molecule has 0 heterocycles. The van der Waals surface area contributed by atoms with Gasteiger partial charge in [0.15, 0.2) is 0 Å². The summed E-state index contributed by atoms with van der Waals surface area (Å²) < 4.78 is 11.8. The van der Waals surface area contributed by atoms with Crippen molar-refractivity contribution >= 4 is 10.8 Å². The van der Waals surface area contributed by atoms with E-state index in [1.807, 2.05) is 38.1 Å². The largest absolute Gasteiger partial charge is 0.259 e. The SMILES string of the molecule is Cc1ccccc1CS(=O)C(C)CC#N. The summed E-state index contributed by atoms with van der Waals surface area (Å²) in [5.41, 5.74) is 2.27. The monoisotopic (exact) mass is 221 g/mol. The summed E-state index contributed by atoms with van der Waals surface area (Å²) in [6.45, 7) is 3.87. The molecule has 80 valence electrons. The highest BCUT2D eigenvalue weighted by Gasteiger charge is 2.11. The van der Waals surface area contributed by atoms with Crippen LogP contribution >= 0.6 is 0 Å². The van der Waals surface area contributed by atoms with E-state index in [-0.39, 0.29) is 5.25 Å². The van der Waals surface area contributed by atoms with E-state index in [0.717, 1.165) is 11.1 Å². The van der Waals surface area contributed by atoms with E-state index in [9.17, 15) is 4.21 Å². The Bertz CT molecular complexity index is 395. The highest BCUT2D eigenvalue weighted by molar-refractivity contribution is 7.84. The number of nitriles is 1. The van der Waals surface area contributed by atoms with Gasteiger partial charge >= 0.3 is 0 Å². The summed E-state index contributed by atoms with van der Waals surface area (Å²) in [7, 11) is -0.948. The molecular weight excluding hydrogens is 206 g/mol. The summed E-state index contributed by atoms with van der Waals surface area (Å²) in [6, 6.07) is 9.99. The van der Waals surface area contributed by atoms with Gasteiger partial charge in [-0.1, -0.05) is 24.3 Å². The van der Waals surface area contributed by atoms with Crippen LogP contribution in [0.15, 0.2) is 24.3 Å². The summed E-state index contributed by atoms with van der Waals surface area (Å²) in [5, 5.41) is 8.48. The van der Waals surface area contributed by atoms with E-state index in [1.165, 1.54) is 0 Å². The van der Waals surface area contributed by atoms with E-state index in [2.05, 4.69) is 6.07 Å². The fraction of sp³-hybridized carbons (Fsp3) is 0.417. The molecule has 0 aromatic heterocycles. The Morgan fingerprint density at radius 1 is 1.47 bits per heavy atom. The molecule has 1 rings (SSSR count). The van der Waals surface area contributed by atoms with Crippen molar-refractivity contribution in [2.24, 2.45) is 0 Å². The van der Waals surface area contributed by atoms with E-state index in [0.29, 0.717) is 12.2 Å². The molecule has 0 fully saturated rings. The van der Waals surface area contributed by atoms with Crippen molar-refractivity contribution < 1.29 is 4.21 Å². The summed E-state index contributed by atoms with van der Waals surface area (Å²) >= 11 is 0. The Morgan fingerprint density at radius 3 is 2.73 bits per heavy atom. The lowest BCUT2D eigenvalue weighted by molar-refractivity contribution is 0.673. The molecule has 0 amide bonds. The molecule has 15 heavy (non-hydrogen) atoms. The minimum atomic E-state index is -0.948. The van der Waals surface area contributed by atoms with Crippen LogP contribution < -0.4 is 0 Å². The van der Waals surface area contributed by atoms with Crippen molar-refractivity contribution in [3.63, 3.8) is 0 Å². The molecule has 0 N–H and O–H groups in total. The average Bonchev–Trinajstić information content (AvgIpc) is 2.21. The first-order valence-electron chi connectivity index (χ1n) is 4.93. The molecular formula is C12H15NOS. The minimum Gasteiger partial charge on any atom is -0.259 e. The van der Waals surface area contributed by atoms with E-state index >= 15 is 0 Å². The summed E-state index contributed by atoms with van der Waals surface area (Å²) in [6.07, 6.45) is 0.360. The molecule has 2 nitrogen and oxygen atoms in total. The zero-order valence-electron chi connectivity index (χ0n) is 9.06. The van der Waals surface area contributed by atoms with Crippen LogP contribution in [-0.4, -0.2) is 9.46 Å². The molecule has 0 spiro atoms. The second kappa shape index (κ2) is 5.67. The Morgan fingerprint density at radius 2 is 2.13 bits per heavy atom. The summed E-state index contributed by atoms with van der Waals surface area (Å²) in [4.78, 5) is 0. The Balaban J connectivity index is 2.67. The Kier molecular flexibility index (Phi) is 4.51. The van der Waals surface area contributed by atoms with Crippen molar-refractivity contribution in [1.29, 1.82) is 5.26 Å². The van der Waals surface area contributed by atoms with Gasteiger partial charge in [-0.05, 0) is 25.0 Å². The van der Waals surface area contributed by atoms with E-state index in [4.69, 9.17) is 5.26 Å². The molecule has 0 aliphatic carbocycles. The number of hydrogen-bond acceptors (Lipinski definition) is 2. The van der Waals surface area contributed by atoms with Crippen LogP contribution in [0.3, 0.4) is 0 Å². The maximum Gasteiger partial charge on any atom is 0.0634 e. The van der Waals surface area contributed by atoms with Crippen LogP contribution in [0.4, 0.5) is 0 Å². The predicted octanol–water partition coefficient (Wildman–Crippen LogP) is 2.55. The molecule has 3 heteroatoms. The molecule has 1 aromatic carbocycles. The Hall–Kier alpha value is -1.14. The van der Waals surface area contributed by atoms with Gasteiger partial charge in [0.25, 0.3) is 0 Å². The van der Waals surface area contributed by atoms with Crippen molar-refractivity contribution in [2.45, 2.75) is 31.3 Å². The standard InChI is InChI=1S/C12H15NOS/c1-10-5-3-4-6-12(10)9-15(14)11(2)7-8-13/h3-6,11H,7,9H2,1-2H3. The zero-order chi connectivity index (χ0) is 11.3. The van der Waals surface area contributed by atoms with Crippen LogP contribution in [0.2, 0.25) is 0 Å². The molecule has 0 bridgehead atoms. The van der Waals surface area contributed by atoms with Gasteiger partial charge in [0, 0.05) is 28.2 Å². The van der Waals surface area contributed by atoms with Crippen LogP contribution in [-0.2, 0) is 16.6 Å². The second-order valence-electron chi connectivity index (χ2n) is 3.62. The van der Waals surface area contributed by atoms with Gasteiger partial charge < -0.3 is 0 Å².